The largest absolute Gasteiger partial charge is 0.462 e. The summed E-state index contributed by atoms with van der Waals surface area (Å²) in [5.41, 5.74) is 2.14. The third-order valence-corrected chi connectivity index (χ3v) is 7.12. The Morgan fingerprint density at radius 2 is 0.768 bits per heavy atom. The van der Waals surface area contributed by atoms with Crippen molar-refractivity contribution in [3.63, 3.8) is 0 Å². The van der Waals surface area contributed by atoms with E-state index in [0.29, 0.717) is 33.8 Å². The van der Waals surface area contributed by atoms with Crippen molar-refractivity contribution < 1.29 is 66.5 Å². The molecule has 0 amide bonds. The maximum absolute atomic E-state index is 13.1. The van der Waals surface area contributed by atoms with Crippen molar-refractivity contribution in [2.45, 2.75) is 0 Å². The number of rotatable bonds is 22. The summed E-state index contributed by atoms with van der Waals surface area (Å²) in [7, 11) is 5.69. The first-order chi connectivity index (χ1) is 26.9. The molecule has 3 rings (SSSR count). The molecule has 14 nitrogen and oxygen atoms in total. The number of hydrogen-bond donors (Lipinski definition) is 0. The molecule has 0 fully saturated rings. The number of methoxy groups -OCH3 is 4. The fourth-order valence-corrected chi connectivity index (χ4v) is 4.44. The Bertz CT molecular complexity index is 1830. The van der Waals surface area contributed by atoms with Crippen LogP contribution in [0.5, 0.6) is 23.0 Å². The Morgan fingerprint density at radius 1 is 0.464 bits per heavy atom. The predicted molar refractivity (Wildman–Crippen MR) is 204 cm³/mol. The molecule has 0 N–H and O–H groups in total. The molecule has 0 aliphatic rings. The predicted octanol–water partition coefficient (Wildman–Crippen LogP) is 6.43. The highest BCUT2D eigenvalue weighted by Crippen LogP contribution is 2.42. The summed E-state index contributed by atoms with van der Waals surface area (Å²) < 4.78 is 52.5. The maximum Gasteiger partial charge on any atom is 0.341 e. The van der Waals surface area contributed by atoms with Crippen molar-refractivity contribution in [3.8, 4) is 45.3 Å². The molecular formula is C42H42O14. The molecule has 3 aromatic rings. The van der Waals surface area contributed by atoms with Gasteiger partial charge >= 0.3 is 23.9 Å². The molecule has 14 heteroatoms. The molecular weight excluding hydrogens is 728 g/mol. The lowest BCUT2D eigenvalue weighted by Crippen LogP contribution is -2.16. The first-order valence-electron chi connectivity index (χ1n) is 16.5. The van der Waals surface area contributed by atoms with Gasteiger partial charge in [0.15, 0.2) is 0 Å². The van der Waals surface area contributed by atoms with Crippen LogP contribution in [-0.2, 0) is 47.6 Å². The van der Waals surface area contributed by atoms with Crippen LogP contribution in [0.25, 0.3) is 22.3 Å². The van der Waals surface area contributed by atoms with Gasteiger partial charge in [0.1, 0.15) is 48.0 Å². The van der Waals surface area contributed by atoms with E-state index >= 15 is 0 Å². The van der Waals surface area contributed by atoms with Crippen molar-refractivity contribution in [1.82, 2.24) is 0 Å². The third kappa shape index (κ3) is 13.4. The second kappa shape index (κ2) is 22.6. The molecule has 0 spiro atoms. The summed E-state index contributed by atoms with van der Waals surface area (Å²) in [4.78, 5) is 50.0. The maximum atomic E-state index is 13.1. The zero-order valence-electron chi connectivity index (χ0n) is 31.5. The van der Waals surface area contributed by atoms with Gasteiger partial charge in [0.05, 0.1) is 48.7 Å². The molecule has 0 atom stereocenters. The Labute approximate surface area is 324 Å². The standard InChI is InChI=1S/C42H42O14/c1-27(23-47-5)39(43)53-19-17-51-33-13-9-31(10-14-33)35-21-38(56-42(46)30(4)26-50-8)36(22-37(35)55-41(45)29(3)25-49-7)32-11-15-34(16-12-32)52-18-20-54-40(44)28(2)24-48-6/h9-22H,1-4,23-26H2,5-8H3/b19-17-,20-18-. The average Bonchev–Trinajstić information content (AvgIpc) is 3.19. The van der Waals surface area contributed by atoms with Crippen LogP contribution in [0.1, 0.15) is 0 Å². The molecule has 0 aliphatic heterocycles. The minimum atomic E-state index is -0.757. The number of benzene rings is 3. The lowest BCUT2D eigenvalue weighted by atomic mass is 9.97. The van der Waals surface area contributed by atoms with E-state index in [4.69, 9.17) is 47.4 Å². The Morgan fingerprint density at radius 3 is 1.07 bits per heavy atom. The monoisotopic (exact) mass is 770 g/mol. The summed E-state index contributed by atoms with van der Waals surface area (Å²) >= 11 is 0. The summed E-state index contributed by atoms with van der Waals surface area (Å²) in [6, 6.07) is 16.2. The summed E-state index contributed by atoms with van der Waals surface area (Å²) in [6.45, 7) is 14.5. The van der Waals surface area contributed by atoms with Gasteiger partial charge in [0, 0.05) is 39.6 Å². The van der Waals surface area contributed by atoms with Crippen molar-refractivity contribution in [3.05, 3.63) is 134 Å². The van der Waals surface area contributed by atoms with Gasteiger partial charge in [-0.05, 0) is 47.5 Å². The molecule has 0 radical (unpaired) electrons. The van der Waals surface area contributed by atoms with Crippen molar-refractivity contribution >= 4 is 23.9 Å². The fraction of sp³-hybridized carbons (Fsp3) is 0.190. The van der Waals surface area contributed by atoms with E-state index in [2.05, 4.69) is 26.3 Å². The highest BCUT2D eigenvalue weighted by Gasteiger charge is 2.22. The minimum absolute atomic E-state index is 0.0186. The van der Waals surface area contributed by atoms with E-state index in [-0.39, 0.29) is 60.2 Å². The summed E-state index contributed by atoms with van der Waals surface area (Å²) in [5.74, 6) is -1.94. The number of esters is 4. The van der Waals surface area contributed by atoms with E-state index in [9.17, 15) is 19.2 Å². The molecule has 0 heterocycles. The minimum Gasteiger partial charge on any atom is -0.462 e. The van der Waals surface area contributed by atoms with E-state index in [1.807, 2.05) is 0 Å². The number of ether oxygens (including phenoxy) is 10. The first-order valence-corrected chi connectivity index (χ1v) is 16.5. The van der Waals surface area contributed by atoms with E-state index < -0.39 is 23.9 Å². The van der Waals surface area contributed by atoms with Crippen molar-refractivity contribution in [1.29, 1.82) is 0 Å². The van der Waals surface area contributed by atoms with E-state index in [1.54, 1.807) is 48.5 Å². The molecule has 56 heavy (non-hydrogen) atoms. The van der Waals surface area contributed by atoms with Crippen LogP contribution in [0.2, 0.25) is 0 Å². The second-order valence-electron chi connectivity index (χ2n) is 11.4. The lowest BCUT2D eigenvalue weighted by molar-refractivity contribution is -0.135. The van der Waals surface area contributed by atoms with Crippen LogP contribution >= 0.6 is 0 Å². The smallest absolute Gasteiger partial charge is 0.341 e. The second-order valence-corrected chi connectivity index (χ2v) is 11.4. The van der Waals surface area contributed by atoms with Crippen LogP contribution in [0.15, 0.2) is 134 Å². The molecule has 0 unspecified atom stereocenters. The number of carbonyl (C=O) groups excluding carboxylic acids is 4. The molecule has 3 aromatic carbocycles. The SMILES string of the molecule is C=C(COC)C(=O)O/C=C\Oc1ccc(-c2cc(OC(=O)C(=C)COC)c(-c3ccc(O/C=C\OC(=O)C(=C)COC)cc3)cc2OC(=O)C(=C)COC)cc1. The van der Waals surface area contributed by atoms with Crippen molar-refractivity contribution in [2.75, 3.05) is 54.9 Å². The van der Waals surface area contributed by atoms with E-state index in [0.717, 1.165) is 12.5 Å². The number of carbonyl (C=O) groups is 4. The van der Waals surface area contributed by atoms with Gasteiger partial charge in [-0.1, -0.05) is 50.6 Å². The van der Waals surface area contributed by atoms with Gasteiger partial charge in [-0.3, -0.25) is 0 Å². The van der Waals surface area contributed by atoms with Gasteiger partial charge in [-0.2, -0.15) is 0 Å². The molecule has 294 valence electrons. The van der Waals surface area contributed by atoms with Crippen LogP contribution in [0.4, 0.5) is 0 Å². The molecule has 0 saturated carbocycles. The summed E-state index contributed by atoms with van der Waals surface area (Å²) in [5, 5.41) is 0. The Hall–Kier alpha value is -6.58. The molecule has 0 aromatic heterocycles. The Kier molecular flexibility index (Phi) is 17.7. The van der Waals surface area contributed by atoms with Crippen LogP contribution in [0, 0.1) is 0 Å². The zero-order valence-corrected chi connectivity index (χ0v) is 31.5. The van der Waals surface area contributed by atoms with Gasteiger partial charge < -0.3 is 47.4 Å². The normalized spacial score (nSPS) is 10.8. The highest BCUT2D eigenvalue weighted by molar-refractivity contribution is 5.94. The van der Waals surface area contributed by atoms with Gasteiger partial charge in [-0.25, -0.2) is 19.2 Å². The third-order valence-electron chi connectivity index (χ3n) is 7.12. The highest BCUT2D eigenvalue weighted by atomic mass is 16.6. The summed E-state index contributed by atoms with van der Waals surface area (Å²) in [6.07, 6.45) is 4.47. The zero-order chi connectivity index (χ0) is 41.0. The molecule has 0 saturated heterocycles. The quantitative estimate of drug-likeness (QED) is 0.0476. The molecule has 0 bridgehead atoms. The first kappa shape index (κ1) is 43.8. The topological polar surface area (TPSA) is 161 Å². The fourth-order valence-electron chi connectivity index (χ4n) is 4.44. The van der Waals surface area contributed by atoms with Gasteiger partial charge in [-0.15, -0.1) is 0 Å². The van der Waals surface area contributed by atoms with Crippen LogP contribution in [0.3, 0.4) is 0 Å². The number of hydrogen-bond acceptors (Lipinski definition) is 14. The Balaban J connectivity index is 2.01. The van der Waals surface area contributed by atoms with E-state index in [1.165, 1.54) is 53.1 Å². The lowest BCUT2D eigenvalue weighted by Gasteiger charge is -2.18. The molecule has 0 aliphatic carbocycles. The van der Waals surface area contributed by atoms with Crippen molar-refractivity contribution in [2.24, 2.45) is 0 Å². The van der Waals surface area contributed by atoms with Crippen LogP contribution < -0.4 is 18.9 Å². The van der Waals surface area contributed by atoms with Crippen LogP contribution in [-0.4, -0.2) is 78.7 Å². The average molecular weight is 771 g/mol. The van der Waals surface area contributed by atoms with Gasteiger partial charge in [0.25, 0.3) is 0 Å². The van der Waals surface area contributed by atoms with Gasteiger partial charge in [0.2, 0.25) is 0 Å².